The molecule has 0 amide bonds. The van der Waals surface area contributed by atoms with Gasteiger partial charge in [-0.25, -0.2) is 0 Å². The van der Waals surface area contributed by atoms with Gasteiger partial charge in [-0.05, 0) is 35.3 Å². The minimum absolute atomic E-state index is 0.926. The van der Waals surface area contributed by atoms with Crippen LogP contribution in [0.2, 0.25) is 0 Å². The van der Waals surface area contributed by atoms with Gasteiger partial charge in [-0.15, -0.1) is 0 Å². The summed E-state index contributed by atoms with van der Waals surface area (Å²) in [6, 6.07) is 10.4. The number of benzene rings is 1. The van der Waals surface area contributed by atoms with Crippen molar-refractivity contribution < 1.29 is 0 Å². The van der Waals surface area contributed by atoms with Crippen molar-refractivity contribution in [3.63, 3.8) is 0 Å². The Balaban J connectivity index is 0.000000956. The summed E-state index contributed by atoms with van der Waals surface area (Å²) in [5.41, 5.74) is 4.51. The quantitative estimate of drug-likeness (QED) is 0.663. The molecule has 0 aromatic heterocycles. The molecular weight excluding hydrogens is 242 g/mol. The minimum Gasteiger partial charge on any atom is -0.288 e. The van der Waals surface area contributed by atoms with Crippen LogP contribution in [0.25, 0.3) is 5.57 Å². The molecule has 2 rings (SSSR count). The van der Waals surface area contributed by atoms with E-state index in [4.69, 9.17) is 0 Å². The first-order valence-corrected chi connectivity index (χ1v) is 7.08. The van der Waals surface area contributed by atoms with Crippen molar-refractivity contribution in [2.75, 3.05) is 7.05 Å². The summed E-state index contributed by atoms with van der Waals surface area (Å²) in [7, 11) is 1.79. The molecule has 1 aliphatic rings. The van der Waals surface area contributed by atoms with E-state index < -0.39 is 0 Å². The van der Waals surface area contributed by atoms with Crippen LogP contribution in [0, 0.1) is 0 Å². The van der Waals surface area contributed by atoms with Crippen molar-refractivity contribution in [3.05, 3.63) is 78.4 Å². The van der Waals surface area contributed by atoms with E-state index in [1.807, 2.05) is 19.9 Å². The molecule has 0 bridgehead atoms. The van der Waals surface area contributed by atoms with E-state index in [9.17, 15) is 0 Å². The molecule has 0 aliphatic heterocycles. The highest BCUT2D eigenvalue weighted by molar-refractivity contribution is 6.11. The van der Waals surface area contributed by atoms with Crippen LogP contribution in [-0.4, -0.2) is 12.8 Å². The normalized spacial score (nSPS) is 14.4. The Morgan fingerprint density at radius 2 is 1.90 bits per heavy atom. The van der Waals surface area contributed by atoms with Gasteiger partial charge in [-0.1, -0.05) is 69.0 Å². The number of hydrogen-bond acceptors (Lipinski definition) is 1. The molecule has 1 nitrogen and oxygen atoms in total. The summed E-state index contributed by atoms with van der Waals surface area (Å²) >= 11 is 0. The molecule has 0 atom stereocenters. The predicted octanol–water partition coefficient (Wildman–Crippen LogP) is 5.24. The lowest BCUT2D eigenvalue weighted by Gasteiger charge is -2.05. The zero-order valence-corrected chi connectivity index (χ0v) is 12.6. The Morgan fingerprint density at radius 3 is 2.50 bits per heavy atom. The molecule has 0 saturated heterocycles. The van der Waals surface area contributed by atoms with Gasteiger partial charge in [-0.3, -0.25) is 4.99 Å². The molecule has 0 saturated carbocycles. The van der Waals surface area contributed by atoms with Crippen LogP contribution in [0.3, 0.4) is 0 Å². The molecule has 0 radical (unpaired) electrons. The summed E-state index contributed by atoms with van der Waals surface area (Å²) in [6.07, 6.45) is 11.4. The SMILES string of the molecule is C=CC(=NC)C1=CC(c2ccccc2)=CCC=C1.CC. The zero-order valence-electron chi connectivity index (χ0n) is 12.6. The average molecular weight is 265 g/mol. The fraction of sp³-hybridized carbons (Fsp3) is 0.211. The van der Waals surface area contributed by atoms with E-state index in [1.165, 1.54) is 11.1 Å². The van der Waals surface area contributed by atoms with Crippen LogP contribution < -0.4 is 0 Å². The number of nitrogens with zero attached hydrogens (tertiary/aromatic N) is 1. The molecule has 1 heteroatoms. The molecule has 0 N–H and O–H groups in total. The second kappa shape index (κ2) is 8.87. The lowest BCUT2D eigenvalue weighted by atomic mass is 10.0. The third kappa shape index (κ3) is 4.20. The van der Waals surface area contributed by atoms with E-state index >= 15 is 0 Å². The Kier molecular flexibility index (Phi) is 7.05. The van der Waals surface area contributed by atoms with Crippen LogP contribution in [0.4, 0.5) is 0 Å². The van der Waals surface area contributed by atoms with Crippen LogP contribution in [0.5, 0.6) is 0 Å². The van der Waals surface area contributed by atoms with Crippen molar-refractivity contribution in [1.29, 1.82) is 0 Å². The van der Waals surface area contributed by atoms with Gasteiger partial charge in [0.25, 0.3) is 0 Å². The van der Waals surface area contributed by atoms with Crippen molar-refractivity contribution in [3.8, 4) is 0 Å². The smallest absolute Gasteiger partial charge is 0.0637 e. The van der Waals surface area contributed by atoms with Crippen LogP contribution in [0.1, 0.15) is 25.8 Å². The maximum absolute atomic E-state index is 4.25. The van der Waals surface area contributed by atoms with Gasteiger partial charge in [0.2, 0.25) is 0 Å². The van der Waals surface area contributed by atoms with E-state index in [0.29, 0.717) is 0 Å². The monoisotopic (exact) mass is 265 g/mol. The van der Waals surface area contributed by atoms with Crippen molar-refractivity contribution in [1.82, 2.24) is 0 Å². The highest BCUT2D eigenvalue weighted by Crippen LogP contribution is 2.22. The topological polar surface area (TPSA) is 12.4 Å². The summed E-state index contributed by atoms with van der Waals surface area (Å²) in [5, 5.41) is 0. The number of hydrogen-bond donors (Lipinski definition) is 0. The molecule has 0 fully saturated rings. The van der Waals surface area contributed by atoms with Gasteiger partial charge in [0.05, 0.1) is 5.71 Å². The van der Waals surface area contributed by atoms with Gasteiger partial charge in [-0.2, -0.15) is 0 Å². The fourth-order valence-electron chi connectivity index (χ4n) is 1.99. The van der Waals surface area contributed by atoms with Crippen LogP contribution in [-0.2, 0) is 0 Å². The maximum Gasteiger partial charge on any atom is 0.0637 e. The van der Waals surface area contributed by atoms with Gasteiger partial charge < -0.3 is 0 Å². The average Bonchev–Trinajstić information content (AvgIpc) is 2.78. The Morgan fingerprint density at radius 1 is 1.20 bits per heavy atom. The van der Waals surface area contributed by atoms with Gasteiger partial charge in [0.15, 0.2) is 0 Å². The van der Waals surface area contributed by atoms with Crippen LogP contribution in [0.15, 0.2) is 77.9 Å². The number of rotatable bonds is 3. The first kappa shape index (κ1) is 15.9. The summed E-state index contributed by atoms with van der Waals surface area (Å²) in [5.74, 6) is 0. The van der Waals surface area contributed by atoms with E-state index in [0.717, 1.165) is 17.7 Å². The Bertz CT molecular complexity index is 542. The molecular formula is C19H23N. The highest BCUT2D eigenvalue weighted by Gasteiger charge is 2.05. The minimum atomic E-state index is 0.926. The number of aliphatic imine (C=N–C) groups is 1. The first-order chi connectivity index (χ1) is 9.85. The molecule has 0 heterocycles. The fourth-order valence-corrected chi connectivity index (χ4v) is 1.99. The van der Waals surface area contributed by atoms with E-state index in [-0.39, 0.29) is 0 Å². The zero-order chi connectivity index (χ0) is 14.8. The first-order valence-electron chi connectivity index (χ1n) is 7.08. The standard InChI is InChI=1S/C17H17N.C2H6/c1-3-17(18-2)16-12-8-7-11-15(13-16)14-9-5-4-6-10-14;1-2/h3-6,8-13H,1,7H2,2H3;1-2H3. The molecule has 1 aromatic rings. The van der Waals surface area contributed by atoms with Crippen molar-refractivity contribution in [2.24, 2.45) is 4.99 Å². The molecule has 104 valence electrons. The highest BCUT2D eigenvalue weighted by atomic mass is 14.7. The van der Waals surface area contributed by atoms with Crippen molar-refractivity contribution >= 4 is 11.3 Å². The second-order valence-electron chi connectivity index (χ2n) is 4.08. The Hall–Kier alpha value is -2.15. The Labute approximate surface area is 122 Å². The van der Waals surface area contributed by atoms with Crippen LogP contribution >= 0.6 is 0 Å². The molecule has 0 unspecified atom stereocenters. The molecule has 1 aromatic carbocycles. The summed E-state index contributed by atoms with van der Waals surface area (Å²) in [6.45, 7) is 7.81. The summed E-state index contributed by atoms with van der Waals surface area (Å²) < 4.78 is 0. The maximum atomic E-state index is 4.25. The lowest BCUT2D eigenvalue weighted by molar-refractivity contribution is 1.40. The van der Waals surface area contributed by atoms with Gasteiger partial charge >= 0.3 is 0 Å². The number of allylic oxidation sites excluding steroid dienone is 7. The largest absolute Gasteiger partial charge is 0.288 e. The third-order valence-corrected chi connectivity index (χ3v) is 2.92. The third-order valence-electron chi connectivity index (χ3n) is 2.92. The van der Waals surface area contributed by atoms with E-state index in [2.05, 4.69) is 60.1 Å². The van der Waals surface area contributed by atoms with Gasteiger partial charge in [0.1, 0.15) is 0 Å². The summed E-state index contributed by atoms with van der Waals surface area (Å²) in [4.78, 5) is 4.25. The van der Waals surface area contributed by atoms with E-state index in [1.54, 1.807) is 13.1 Å². The predicted molar refractivity (Wildman–Crippen MR) is 91.2 cm³/mol. The molecule has 1 aliphatic carbocycles. The molecule has 20 heavy (non-hydrogen) atoms. The molecule has 0 spiro atoms. The van der Waals surface area contributed by atoms with Gasteiger partial charge in [0, 0.05) is 7.05 Å². The second-order valence-corrected chi connectivity index (χ2v) is 4.08. The van der Waals surface area contributed by atoms with Crippen molar-refractivity contribution in [2.45, 2.75) is 20.3 Å². The lowest BCUT2D eigenvalue weighted by Crippen LogP contribution is -1.96.